The molecule has 0 amide bonds. The largest absolute Gasteiger partial charge is 0.308 e. The lowest BCUT2D eigenvalue weighted by Gasteiger charge is -2.35. The molecule has 304 valence electrons. The zero-order valence-electron chi connectivity index (χ0n) is 37.1. The predicted octanol–water partition coefficient (Wildman–Crippen LogP) is 14.5. The van der Waals surface area contributed by atoms with Crippen molar-refractivity contribution >= 4 is 80.7 Å². The number of nitrogens with zero attached hydrogens (tertiary/aromatic N) is 2. The Balaban J connectivity index is 1.24. The van der Waals surface area contributed by atoms with E-state index >= 15 is 0 Å². The third kappa shape index (κ3) is 6.96. The van der Waals surface area contributed by atoms with E-state index in [0.29, 0.717) is 0 Å². The number of anilines is 6. The number of benzene rings is 8. The number of hydrogen-bond donors (Lipinski definition) is 0. The first kappa shape index (κ1) is 40.2. The van der Waals surface area contributed by atoms with Crippen molar-refractivity contribution in [3.05, 3.63) is 196 Å². The maximum absolute atomic E-state index is 2.50. The highest BCUT2D eigenvalue weighted by Crippen LogP contribution is 2.54. The van der Waals surface area contributed by atoms with Crippen LogP contribution in [0, 0.1) is 62.3 Å². The third-order valence-corrected chi connectivity index (χ3v) is 15.0. The second-order valence-corrected chi connectivity index (χ2v) is 19.7. The SMILES string of the molecule is Cc1cc(C)c(B(c2cc(-c3ccc4c(c3)Sc3ccccc3N4c3c(C)cc(C)cc3C)cc(N3c4ccccc4Sc4ccccc43)c2)c2c(C)cc(C)cc2C)c(C)c1. The van der Waals surface area contributed by atoms with Gasteiger partial charge >= 0.3 is 0 Å². The molecule has 0 spiro atoms. The predicted molar refractivity (Wildman–Crippen MR) is 270 cm³/mol. The summed E-state index contributed by atoms with van der Waals surface area (Å²) in [6, 6.07) is 55.3. The van der Waals surface area contributed by atoms with E-state index in [-0.39, 0.29) is 6.71 Å². The molecule has 0 atom stereocenters. The van der Waals surface area contributed by atoms with Gasteiger partial charge in [-0.15, -0.1) is 0 Å². The summed E-state index contributed by atoms with van der Waals surface area (Å²) in [6.45, 7) is 20.4. The Morgan fingerprint density at radius 3 is 1.27 bits per heavy atom. The van der Waals surface area contributed by atoms with E-state index in [1.54, 1.807) is 0 Å². The minimum atomic E-state index is 0.0152. The highest BCUT2D eigenvalue weighted by molar-refractivity contribution is 8.00. The molecule has 0 radical (unpaired) electrons. The molecule has 2 aliphatic heterocycles. The van der Waals surface area contributed by atoms with Crippen LogP contribution in [0.25, 0.3) is 11.1 Å². The van der Waals surface area contributed by atoms with Crippen molar-refractivity contribution < 1.29 is 0 Å². The van der Waals surface area contributed by atoms with E-state index < -0.39 is 0 Å². The molecular formula is C57H51BN2S2. The smallest absolute Gasteiger partial charge is 0.242 e. The molecular weight excluding hydrogens is 788 g/mol. The third-order valence-electron chi connectivity index (χ3n) is 12.7. The van der Waals surface area contributed by atoms with Crippen LogP contribution >= 0.6 is 23.5 Å². The van der Waals surface area contributed by atoms with Gasteiger partial charge in [0.1, 0.15) is 0 Å². The molecule has 0 saturated heterocycles. The van der Waals surface area contributed by atoms with Crippen molar-refractivity contribution in [1.82, 2.24) is 0 Å². The fourth-order valence-corrected chi connectivity index (χ4v) is 12.7. The highest BCUT2D eigenvalue weighted by atomic mass is 32.2. The zero-order valence-corrected chi connectivity index (χ0v) is 38.8. The van der Waals surface area contributed by atoms with E-state index in [0.717, 1.165) is 5.69 Å². The van der Waals surface area contributed by atoms with E-state index in [9.17, 15) is 0 Å². The van der Waals surface area contributed by atoms with Gasteiger partial charge in [0.25, 0.3) is 0 Å². The Morgan fingerprint density at radius 2 is 0.774 bits per heavy atom. The summed E-state index contributed by atoms with van der Waals surface area (Å²) >= 11 is 3.74. The molecule has 8 aromatic rings. The molecule has 0 aromatic heterocycles. The van der Waals surface area contributed by atoms with E-state index in [4.69, 9.17) is 0 Å². The summed E-state index contributed by atoms with van der Waals surface area (Å²) in [5.41, 5.74) is 25.5. The second kappa shape index (κ2) is 15.8. The van der Waals surface area contributed by atoms with Crippen LogP contribution in [0.4, 0.5) is 34.1 Å². The lowest BCUT2D eigenvalue weighted by atomic mass is 9.34. The summed E-state index contributed by atoms with van der Waals surface area (Å²) in [5.74, 6) is 0. The molecule has 0 aliphatic carbocycles. The van der Waals surface area contributed by atoms with Gasteiger partial charge in [-0.05, 0) is 145 Å². The lowest BCUT2D eigenvalue weighted by molar-refractivity contribution is 1.13. The van der Waals surface area contributed by atoms with Crippen LogP contribution in [0.15, 0.2) is 165 Å². The molecule has 0 saturated carbocycles. The average Bonchev–Trinajstić information content (AvgIpc) is 3.23. The normalized spacial score (nSPS) is 12.7. The monoisotopic (exact) mass is 838 g/mol. The lowest BCUT2D eigenvalue weighted by Crippen LogP contribution is -2.56. The Bertz CT molecular complexity index is 2940. The van der Waals surface area contributed by atoms with Gasteiger partial charge in [-0.3, -0.25) is 0 Å². The molecule has 62 heavy (non-hydrogen) atoms. The fourth-order valence-electron chi connectivity index (χ4n) is 10.6. The Kier molecular flexibility index (Phi) is 10.2. The molecule has 2 nitrogen and oxygen atoms in total. The van der Waals surface area contributed by atoms with Crippen LogP contribution in [-0.4, -0.2) is 6.71 Å². The molecule has 0 N–H and O–H groups in total. The van der Waals surface area contributed by atoms with E-state index in [2.05, 4.69) is 218 Å². The number of rotatable bonds is 6. The highest BCUT2D eigenvalue weighted by Gasteiger charge is 2.33. The van der Waals surface area contributed by atoms with Gasteiger partial charge in [-0.25, -0.2) is 0 Å². The van der Waals surface area contributed by atoms with Crippen LogP contribution in [0.5, 0.6) is 0 Å². The summed E-state index contributed by atoms with van der Waals surface area (Å²) in [4.78, 5) is 10.0. The summed E-state index contributed by atoms with van der Waals surface area (Å²) in [5, 5.41) is 0. The number of aryl methyl sites for hydroxylation is 9. The molecule has 2 aliphatic rings. The Hall–Kier alpha value is -5.88. The first-order valence-corrected chi connectivity index (χ1v) is 23.3. The maximum Gasteiger partial charge on any atom is 0.242 e. The summed E-state index contributed by atoms with van der Waals surface area (Å²) in [7, 11) is 0. The molecule has 0 unspecified atom stereocenters. The standard InChI is InChI=1S/C57H51BN2S2/c1-34-24-37(4)55(38(5)25-34)58(56-39(6)26-35(2)27-40(56)7)45-30-44(31-46(33-45)59-47-16-10-13-19-51(47)61-52-20-14-11-17-48(52)59)43-22-23-50-54(32-43)62-53-21-15-12-18-49(53)60(50)57-41(8)28-36(3)29-42(57)9/h10-33H,1-9H3. The van der Waals surface area contributed by atoms with Gasteiger partial charge in [-0.1, -0.05) is 164 Å². The quantitative estimate of drug-likeness (QED) is 0.154. The van der Waals surface area contributed by atoms with Crippen molar-refractivity contribution in [1.29, 1.82) is 0 Å². The molecule has 10 rings (SSSR count). The summed E-state index contributed by atoms with van der Waals surface area (Å²) < 4.78 is 0. The van der Waals surface area contributed by atoms with Gasteiger partial charge < -0.3 is 9.80 Å². The van der Waals surface area contributed by atoms with Crippen LogP contribution in [0.1, 0.15) is 50.1 Å². The topological polar surface area (TPSA) is 6.48 Å². The second-order valence-electron chi connectivity index (χ2n) is 17.6. The van der Waals surface area contributed by atoms with Crippen LogP contribution < -0.4 is 26.2 Å². The minimum Gasteiger partial charge on any atom is -0.308 e. The van der Waals surface area contributed by atoms with Crippen molar-refractivity contribution in [2.75, 3.05) is 9.80 Å². The molecule has 5 heteroatoms. The Morgan fingerprint density at radius 1 is 0.355 bits per heavy atom. The Labute approximate surface area is 377 Å². The van der Waals surface area contributed by atoms with Gasteiger partial charge in [0, 0.05) is 25.3 Å². The van der Waals surface area contributed by atoms with Crippen molar-refractivity contribution in [3.8, 4) is 11.1 Å². The van der Waals surface area contributed by atoms with Crippen LogP contribution in [-0.2, 0) is 0 Å². The van der Waals surface area contributed by atoms with Crippen molar-refractivity contribution in [2.45, 2.75) is 81.9 Å². The van der Waals surface area contributed by atoms with Crippen LogP contribution in [0.3, 0.4) is 0 Å². The van der Waals surface area contributed by atoms with Gasteiger partial charge in [-0.2, -0.15) is 0 Å². The molecule has 2 heterocycles. The van der Waals surface area contributed by atoms with Gasteiger partial charge in [0.15, 0.2) is 0 Å². The average molecular weight is 839 g/mol. The number of fused-ring (bicyclic) bond motifs is 4. The summed E-state index contributed by atoms with van der Waals surface area (Å²) in [6.07, 6.45) is 0. The number of para-hydroxylation sites is 3. The molecule has 8 aromatic carbocycles. The van der Waals surface area contributed by atoms with Gasteiger partial charge in [0.2, 0.25) is 6.71 Å². The fraction of sp³-hybridized carbons (Fsp3) is 0.158. The van der Waals surface area contributed by atoms with Gasteiger partial charge in [0.05, 0.1) is 28.4 Å². The van der Waals surface area contributed by atoms with E-state index in [1.165, 1.54) is 126 Å². The van der Waals surface area contributed by atoms with Crippen molar-refractivity contribution in [3.63, 3.8) is 0 Å². The van der Waals surface area contributed by atoms with E-state index in [1.807, 2.05) is 23.5 Å². The maximum atomic E-state index is 2.50. The van der Waals surface area contributed by atoms with Crippen molar-refractivity contribution in [2.24, 2.45) is 0 Å². The zero-order chi connectivity index (χ0) is 43.0. The number of hydrogen-bond acceptors (Lipinski definition) is 4. The van der Waals surface area contributed by atoms with Crippen LogP contribution in [0.2, 0.25) is 0 Å². The minimum absolute atomic E-state index is 0.0152. The first-order chi connectivity index (χ1) is 29.9. The molecule has 0 bridgehead atoms. The molecule has 0 fully saturated rings. The first-order valence-electron chi connectivity index (χ1n) is 21.7.